The minimum Gasteiger partial charge on any atom is -0.488 e. The van der Waals surface area contributed by atoms with Gasteiger partial charge in [0, 0.05) is 32.3 Å². The lowest BCUT2D eigenvalue weighted by atomic mass is 9.94. The standard InChI is InChI=1S/C34H36O7S3/c1-5-9-13-37-23-25(39-15-11-7-3)29-19-17-18-20-22-21(19)31(43-29)33(35)41-34(36)32(22)44-30(20)26(40-16-12-8-4)24(38-14-10-6-2)28(18)42-27(17)23/h5-16H2,1-4H3. The van der Waals surface area contributed by atoms with Gasteiger partial charge < -0.3 is 23.4 Å². The van der Waals surface area contributed by atoms with Gasteiger partial charge >= 0.3 is 11.3 Å². The first-order chi connectivity index (χ1) is 21.5. The first-order valence-corrected chi connectivity index (χ1v) is 18.3. The maximum absolute atomic E-state index is 13.5. The van der Waals surface area contributed by atoms with Gasteiger partial charge in [-0.25, -0.2) is 9.59 Å². The second-order valence-electron chi connectivity index (χ2n) is 11.3. The van der Waals surface area contributed by atoms with Gasteiger partial charge in [-0.05, 0) is 25.7 Å². The number of unbranched alkanes of at least 4 members (excludes halogenated alkanes) is 4. The van der Waals surface area contributed by atoms with E-state index in [0.717, 1.165) is 114 Å². The van der Waals surface area contributed by atoms with Gasteiger partial charge in [0.15, 0.2) is 23.0 Å². The number of benzene rings is 3. The van der Waals surface area contributed by atoms with E-state index in [4.69, 9.17) is 23.4 Å². The van der Waals surface area contributed by atoms with Crippen LogP contribution in [0.2, 0.25) is 0 Å². The summed E-state index contributed by atoms with van der Waals surface area (Å²) in [5.41, 5.74) is -1.23. The summed E-state index contributed by atoms with van der Waals surface area (Å²) in [4.78, 5) is 26.9. The highest BCUT2D eigenvalue weighted by molar-refractivity contribution is 7.31. The third kappa shape index (κ3) is 4.39. The van der Waals surface area contributed by atoms with Gasteiger partial charge in [0.1, 0.15) is 9.40 Å². The molecule has 4 heterocycles. The van der Waals surface area contributed by atoms with Crippen LogP contribution in [0.3, 0.4) is 0 Å². The summed E-state index contributed by atoms with van der Waals surface area (Å²) in [6, 6.07) is 0. The second kappa shape index (κ2) is 12.0. The molecule has 0 fully saturated rings. The fourth-order valence-electron chi connectivity index (χ4n) is 6.04. The summed E-state index contributed by atoms with van der Waals surface area (Å²) in [5, 5.41) is 5.52. The molecule has 0 unspecified atom stereocenters. The first-order valence-electron chi connectivity index (χ1n) is 15.8. The average molecular weight is 653 g/mol. The van der Waals surface area contributed by atoms with E-state index in [1.54, 1.807) is 11.3 Å². The lowest BCUT2D eigenvalue weighted by Crippen LogP contribution is -2.03. The van der Waals surface area contributed by atoms with Crippen molar-refractivity contribution in [3.8, 4) is 23.0 Å². The van der Waals surface area contributed by atoms with Crippen molar-refractivity contribution in [1.82, 2.24) is 0 Å². The molecule has 0 saturated carbocycles. The maximum Gasteiger partial charge on any atom is 0.356 e. The highest BCUT2D eigenvalue weighted by Crippen LogP contribution is 2.63. The Labute approximate surface area is 266 Å². The van der Waals surface area contributed by atoms with Crippen LogP contribution in [-0.2, 0) is 0 Å². The van der Waals surface area contributed by atoms with Crippen LogP contribution in [0.25, 0.3) is 60.5 Å². The Morgan fingerprint density at radius 2 is 0.682 bits per heavy atom. The zero-order valence-electron chi connectivity index (χ0n) is 25.6. The Morgan fingerprint density at radius 3 is 0.955 bits per heavy atom. The van der Waals surface area contributed by atoms with Gasteiger partial charge in [-0.1, -0.05) is 53.4 Å². The van der Waals surface area contributed by atoms with Crippen LogP contribution in [0.4, 0.5) is 0 Å². The number of hydrogen-bond acceptors (Lipinski definition) is 10. The van der Waals surface area contributed by atoms with E-state index in [1.807, 2.05) is 0 Å². The fourth-order valence-corrected chi connectivity index (χ4v) is 9.72. The molecule has 0 aliphatic rings. The van der Waals surface area contributed by atoms with Gasteiger partial charge in [0.05, 0.1) is 45.2 Å². The predicted molar refractivity (Wildman–Crippen MR) is 185 cm³/mol. The molecule has 7 rings (SSSR count). The van der Waals surface area contributed by atoms with E-state index < -0.39 is 11.3 Å². The third-order valence-electron chi connectivity index (χ3n) is 8.25. The number of rotatable bonds is 16. The Kier molecular flexibility index (Phi) is 8.09. The molecular weight excluding hydrogens is 617 g/mol. The Hall–Kier alpha value is -3.08. The molecule has 0 aliphatic carbocycles. The normalized spacial score (nSPS) is 12.5. The summed E-state index contributed by atoms with van der Waals surface area (Å²) in [6.07, 6.45) is 7.63. The van der Waals surface area contributed by atoms with Crippen LogP contribution in [0, 0.1) is 0 Å². The van der Waals surface area contributed by atoms with Crippen molar-refractivity contribution in [2.45, 2.75) is 79.1 Å². The molecule has 0 amide bonds. The minimum atomic E-state index is -0.613. The molecule has 0 radical (unpaired) electrons. The van der Waals surface area contributed by atoms with Crippen LogP contribution >= 0.6 is 34.0 Å². The van der Waals surface area contributed by atoms with E-state index >= 15 is 0 Å². The second-order valence-corrected chi connectivity index (χ2v) is 14.4. The van der Waals surface area contributed by atoms with Gasteiger partial charge in [-0.15, -0.1) is 34.0 Å². The number of ether oxygens (including phenoxy) is 4. The lowest BCUT2D eigenvalue weighted by Gasteiger charge is -2.17. The maximum atomic E-state index is 13.5. The van der Waals surface area contributed by atoms with Crippen LogP contribution < -0.4 is 30.2 Å². The highest BCUT2D eigenvalue weighted by atomic mass is 32.1. The minimum absolute atomic E-state index is 0.431. The molecule has 0 N–H and O–H groups in total. The van der Waals surface area contributed by atoms with Crippen molar-refractivity contribution < 1.29 is 23.4 Å². The molecule has 232 valence electrons. The number of hydrogen-bond donors (Lipinski definition) is 0. The smallest absolute Gasteiger partial charge is 0.356 e. The highest BCUT2D eigenvalue weighted by Gasteiger charge is 2.35. The summed E-state index contributed by atoms with van der Waals surface area (Å²) in [5.74, 6) is 2.79. The Balaban J connectivity index is 1.69. The van der Waals surface area contributed by atoms with Crippen molar-refractivity contribution >= 4 is 94.5 Å². The molecular formula is C34H36O7S3. The van der Waals surface area contributed by atoms with Gasteiger partial charge in [-0.3, -0.25) is 0 Å². The number of thiophene rings is 3. The first kappa shape index (κ1) is 29.6. The SMILES string of the molecule is CCCCOc1c(OCCCC)c2sc3c(=O)oc(=O)c4sc5c(OCCCC)c(OCCCC)c6sc1c1c6c5c4c3c21. The van der Waals surface area contributed by atoms with Crippen molar-refractivity contribution in [2.75, 3.05) is 26.4 Å². The predicted octanol–water partition coefficient (Wildman–Crippen LogP) is 10.1. The average Bonchev–Trinajstić information content (AvgIpc) is 3.69. The Morgan fingerprint density at radius 1 is 0.432 bits per heavy atom. The van der Waals surface area contributed by atoms with Crippen molar-refractivity contribution in [3.05, 3.63) is 20.8 Å². The molecule has 7 nitrogen and oxygen atoms in total. The van der Waals surface area contributed by atoms with Crippen molar-refractivity contribution in [1.29, 1.82) is 0 Å². The van der Waals surface area contributed by atoms with Crippen LogP contribution in [0.1, 0.15) is 79.1 Å². The van der Waals surface area contributed by atoms with E-state index in [9.17, 15) is 9.59 Å². The van der Waals surface area contributed by atoms with Crippen LogP contribution in [-0.4, -0.2) is 26.4 Å². The molecule has 4 aromatic heterocycles. The van der Waals surface area contributed by atoms with Gasteiger partial charge in [-0.2, -0.15) is 0 Å². The van der Waals surface area contributed by atoms with E-state index in [2.05, 4.69) is 27.7 Å². The fraction of sp³-hybridized carbons (Fsp3) is 0.471. The zero-order valence-corrected chi connectivity index (χ0v) is 28.0. The lowest BCUT2D eigenvalue weighted by molar-refractivity contribution is 0.268. The molecule has 7 aromatic rings. The molecule has 0 bridgehead atoms. The van der Waals surface area contributed by atoms with Crippen LogP contribution in [0.5, 0.6) is 23.0 Å². The molecule has 44 heavy (non-hydrogen) atoms. The summed E-state index contributed by atoms with van der Waals surface area (Å²) in [7, 11) is 0. The molecule has 0 spiro atoms. The molecule has 3 aromatic carbocycles. The van der Waals surface area contributed by atoms with Crippen LogP contribution in [0.15, 0.2) is 14.0 Å². The quantitative estimate of drug-likeness (QED) is 0.0759. The van der Waals surface area contributed by atoms with Gasteiger partial charge in [0.25, 0.3) is 0 Å². The molecule has 0 saturated heterocycles. The molecule has 10 heteroatoms. The van der Waals surface area contributed by atoms with Crippen molar-refractivity contribution in [2.24, 2.45) is 0 Å². The van der Waals surface area contributed by atoms with Crippen molar-refractivity contribution in [3.63, 3.8) is 0 Å². The van der Waals surface area contributed by atoms with E-state index in [1.165, 1.54) is 22.7 Å². The Bertz CT molecular complexity index is 2030. The zero-order chi connectivity index (χ0) is 30.5. The summed E-state index contributed by atoms with van der Waals surface area (Å²) < 4.78 is 36.3. The topological polar surface area (TPSA) is 84.2 Å². The third-order valence-corrected chi connectivity index (χ3v) is 11.8. The summed E-state index contributed by atoms with van der Waals surface area (Å²) in [6.45, 7) is 10.8. The molecule has 0 atom stereocenters. The van der Waals surface area contributed by atoms with E-state index in [-0.39, 0.29) is 0 Å². The monoisotopic (exact) mass is 652 g/mol. The van der Waals surface area contributed by atoms with Gasteiger partial charge in [0.2, 0.25) is 0 Å². The molecule has 0 aliphatic heterocycles. The van der Waals surface area contributed by atoms with E-state index in [0.29, 0.717) is 47.3 Å². The largest absolute Gasteiger partial charge is 0.488 e. The summed E-state index contributed by atoms with van der Waals surface area (Å²) >= 11 is 4.32.